The number of carboxylic acids is 2. The Morgan fingerprint density at radius 2 is 1.52 bits per heavy atom. The van der Waals surface area contributed by atoms with Gasteiger partial charge in [0.1, 0.15) is 0 Å². The predicted molar refractivity (Wildman–Crippen MR) is 159 cm³/mol. The number of pyridine rings is 2. The van der Waals surface area contributed by atoms with Crippen molar-refractivity contribution in [1.82, 2.24) is 19.7 Å². The molecule has 1 atom stereocenters. The zero-order valence-corrected chi connectivity index (χ0v) is 23.3. The van der Waals surface area contributed by atoms with Crippen molar-refractivity contribution in [2.45, 2.75) is 20.1 Å². The largest absolute Gasteiger partial charge is 0.478 e. The number of aliphatic hydroxyl groups is 1. The van der Waals surface area contributed by atoms with Crippen LogP contribution in [0.15, 0.2) is 75.5 Å². The Labute approximate surface area is 247 Å². The Morgan fingerprint density at radius 3 is 2.14 bits per heavy atom. The Balaban J connectivity index is 1.32. The van der Waals surface area contributed by atoms with Crippen molar-refractivity contribution in [1.29, 1.82) is 0 Å². The lowest BCUT2D eigenvalue weighted by Gasteiger charge is -2.20. The van der Waals surface area contributed by atoms with Gasteiger partial charge in [-0.1, -0.05) is 12.2 Å². The SMILES string of the molecule is Cc1c(C=CC=c2c(C)c3c([nH]c2=O)=NN(c2ccc(C(=O)O)cc2)C3O)c[nH]c2nn(-c3ccc(C(=O)O)cc3)c(=O)c1-2. The number of rotatable bonds is 6. The summed E-state index contributed by atoms with van der Waals surface area (Å²) in [5.74, 6) is -1.78. The molecule has 2 aromatic carbocycles. The molecule has 13 nitrogen and oxygen atoms in total. The maximum Gasteiger partial charge on any atom is 0.335 e. The molecule has 0 fully saturated rings. The summed E-state index contributed by atoms with van der Waals surface area (Å²) < 4.78 is 1.20. The fraction of sp³-hybridized carbons (Fsp3) is 0.0968. The van der Waals surface area contributed by atoms with E-state index in [2.05, 4.69) is 20.2 Å². The number of nitrogens with zero attached hydrogens (tertiary/aromatic N) is 4. The topological polar surface area (TPSA) is 194 Å². The summed E-state index contributed by atoms with van der Waals surface area (Å²) >= 11 is 0. The zero-order valence-electron chi connectivity index (χ0n) is 23.3. The molecule has 3 aliphatic rings. The molecule has 44 heavy (non-hydrogen) atoms. The van der Waals surface area contributed by atoms with E-state index in [4.69, 9.17) is 10.2 Å². The minimum absolute atomic E-state index is 0.0905. The fourth-order valence-electron chi connectivity index (χ4n) is 5.15. The molecule has 0 spiro atoms. The first-order chi connectivity index (χ1) is 21.0. The number of fused-ring (bicyclic) bond motifs is 2. The van der Waals surface area contributed by atoms with E-state index in [1.165, 1.54) is 58.2 Å². The number of H-pyrrole nitrogens is 2. The highest BCUT2D eigenvalue weighted by Crippen LogP contribution is 2.28. The van der Waals surface area contributed by atoms with E-state index in [0.29, 0.717) is 50.2 Å². The maximum atomic E-state index is 13.2. The number of hydrogen-bond donors (Lipinski definition) is 5. The van der Waals surface area contributed by atoms with Crippen molar-refractivity contribution < 1.29 is 24.9 Å². The lowest BCUT2D eigenvalue weighted by molar-refractivity contribution is 0.0686. The minimum atomic E-state index is -1.21. The number of carboxylic acid groups (broad SMARTS) is 2. The van der Waals surface area contributed by atoms with E-state index in [1.807, 2.05) is 0 Å². The molecule has 1 unspecified atom stereocenters. The summed E-state index contributed by atoms with van der Waals surface area (Å²) in [4.78, 5) is 54.3. The van der Waals surface area contributed by atoms with Crippen LogP contribution in [0.25, 0.3) is 29.2 Å². The summed E-state index contributed by atoms with van der Waals surface area (Å²) in [7, 11) is 0. The molecule has 6 rings (SSSR count). The van der Waals surface area contributed by atoms with Crippen LogP contribution in [0.2, 0.25) is 0 Å². The third-order valence-corrected chi connectivity index (χ3v) is 7.53. The molecule has 0 saturated carbocycles. The van der Waals surface area contributed by atoms with Crippen LogP contribution in [0.5, 0.6) is 0 Å². The van der Waals surface area contributed by atoms with Crippen molar-refractivity contribution in [3.05, 3.63) is 126 Å². The summed E-state index contributed by atoms with van der Waals surface area (Å²) in [5, 5.41) is 39.6. The van der Waals surface area contributed by atoms with E-state index in [1.54, 1.807) is 38.3 Å². The van der Waals surface area contributed by atoms with Gasteiger partial charge in [0, 0.05) is 11.4 Å². The fourth-order valence-corrected chi connectivity index (χ4v) is 5.15. The Hall–Kier alpha value is -6.08. The van der Waals surface area contributed by atoms with Crippen LogP contribution in [0.4, 0.5) is 5.69 Å². The van der Waals surface area contributed by atoms with Crippen LogP contribution in [0, 0.1) is 13.8 Å². The first-order valence-electron chi connectivity index (χ1n) is 13.3. The molecule has 3 aliphatic heterocycles. The molecular weight excluding hydrogens is 568 g/mol. The van der Waals surface area contributed by atoms with Gasteiger partial charge in [0.15, 0.2) is 17.5 Å². The van der Waals surface area contributed by atoms with Crippen LogP contribution < -0.4 is 26.8 Å². The van der Waals surface area contributed by atoms with Crippen LogP contribution in [0.1, 0.15) is 49.2 Å². The Morgan fingerprint density at radius 1 is 0.909 bits per heavy atom. The van der Waals surface area contributed by atoms with Crippen LogP contribution in [-0.4, -0.2) is 47.0 Å². The molecular formula is C31H24N6O7. The summed E-state index contributed by atoms with van der Waals surface area (Å²) in [5.41, 5.74) is 3.09. The van der Waals surface area contributed by atoms with Crippen LogP contribution in [-0.2, 0) is 0 Å². The number of nitrogens with one attached hydrogen (secondary N) is 2. The van der Waals surface area contributed by atoms with Crippen molar-refractivity contribution in [2.24, 2.45) is 5.10 Å². The summed E-state index contributed by atoms with van der Waals surface area (Å²) in [6, 6.07) is 11.7. The molecule has 0 amide bonds. The Bertz CT molecular complexity index is 2210. The molecule has 0 radical (unpaired) electrons. The highest BCUT2D eigenvalue weighted by molar-refractivity contribution is 5.88. The Kier molecular flexibility index (Phi) is 6.78. The molecule has 13 heteroatoms. The zero-order chi connectivity index (χ0) is 31.3. The second-order valence-electron chi connectivity index (χ2n) is 10.1. The van der Waals surface area contributed by atoms with E-state index >= 15 is 0 Å². The van der Waals surface area contributed by atoms with Gasteiger partial charge in [0.25, 0.3) is 11.1 Å². The lowest BCUT2D eigenvalue weighted by atomic mass is 10.0. The van der Waals surface area contributed by atoms with E-state index in [0.717, 1.165) is 0 Å². The van der Waals surface area contributed by atoms with Gasteiger partial charge in [-0.2, -0.15) is 9.78 Å². The van der Waals surface area contributed by atoms with Crippen molar-refractivity contribution >= 4 is 29.8 Å². The third-order valence-electron chi connectivity index (χ3n) is 7.53. The second-order valence-corrected chi connectivity index (χ2v) is 10.1. The maximum absolute atomic E-state index is 13.2. The smallest absolute Gasteiger partial charge is 0.335 e. The number of allylic oxidation sites excluding steroid dienone is 1. The number of aromatic amines is 2. The molecule has 3 aromatic rings. The minimum Gasteiger partial charge on any atom is -0.478 e. The average molecular weight is 593 g/mol. The van der Waals surface area contributed by atoms with Gasteiger partial charge >= 0.3 is 11.9 Å². The number of hydrogen-bond acceptors (Lipinski definition) is 8. The second kappa shape index (κ2) is 10.6. The molecule has 0 bridgehead atoms. The first kappa shape index (κ1) is 28.1. The first-order valence-corrected chi connectivity index (χ1v) is 13.3. The number of anilines is 1. The number of aliphatic hydroxyl groups excluding tert-OH is 1. The number of carbonyl (C=O) groups is 2. The number of aromatic nitrogens is 4. The lowest BCUT2D eigenvalue weighted by Crippen LogP contribution is -2.38. The number of benzene rings is 2. The molecule has 1 aromatic heterocycles. The standard InChI is InChI=1S/C31H24N6O7/c1-15-19(14-32-25-23(15)28(39)36(34-25)20-10-6-17(7-11-20)30(41)42)4-3-5-22-16(2)24-26(33-27(22)38)35-37(29(24)40)21-12-8-18(9-13-21)31(43)44/h3-14,29,40H,1-2H3,(H,32,34)(H,41,42)(H,43,44)(H,33,35,38). The molecule has 220 valence electrons. The van der Waals surface area contributed by atoms with Gasteiger partial charge in [-0.05, 0) is 85.1 Å². The van der Waals surface area contributed by atoms with Crippen LogP contribution in [0.3, 0.4) is 0 Å². The molecule has 0 aliphatic carbocycles. The van der Waals surface area contributed by atoms with Gasteiger partial charge in [-0.25, -0.2) is 14.6 Å². The van der Waals surface area contributed by atoms with E-state index < -0.39 is 23.7 Å². The number of aromatic carboxylic acids is 2. The molecule has 4 heterocycles. The molecule has 0 saturated heterocycles. The van der Waals surface area contributed by atoms with Crippen LogP contribution >= 0.6 is 0 Å². The summed E-state index contributed by atoms with van der Waals surface area (Å²) in [6.07, 6.45) is 5.46. The summed E-state index contributed by atoms with van der Waals surface area (Å²) in [6.45, 7) is 3.48. The van der Waals surface area contributed by atoms with Crippen molar-refractivity contribution in [2.75, 3.05) is 5.01 Å². The highest BCUT2D eigenvalue weighted by Gasteiger charge is 2.29. The monoisotopic (exact) mass is 592 g/mol. The van der Waals surface area contributed by atoms with Gasteiger partial charge in [-0.15, -0.1) is 5.10 Å². The van der Waals surface area contributed by atoms with Gasteiger partial charge < -0.3 is 25.3 Å². The predicted octanol–water partition coefficient (Wildman–Crippen LogP) is 1.91. The van der Waals surface area contributed by atoms with E-state index in [9.17, 15) is 24.3 Å². The quantitative estimate of drug-likeness (QED) is 0.196. The van der Waals surface area contributed by atoms with Crippen molar-refractivity contribution in [3.8, 4) is 17.1 Å². The van der Waals surface area contributed by atoms with Crippen molar-refractivity contribution in [3.63, 3.8) is 0 Å². The third kappa shape index (κ3) is 4.66. The van der Waals surface area contributed by atoms with E-state index in [-0.39, 0.29) is 22.2 Å². The highest BCUT2D eigenvalue weighted by atomic mass is 16.4. The normalized spacial score (nSPS) is 14.8. The van der Waals surface area contributed by atoms with Gasteiger partial charge in [-0.3, -0.25) is 9.59 Å². The molecule has 5 N–H and O–H groups in total. The van der Waals surface area contributed by atoms with Gasteiger partial charge in [0.2, 0.25) is 0 Å². The average Bonchev–Trinajstić information content (AvgIpc) is 3.52. The van der Waals surface area contributed by atoms with Gasteiger partial charge in [0.05, 0.1) is 33.6 Å².